The molecule has 110 valence electrons. The first-order chi connectivity index (χ1) is 10.1. The number of hydrogen-bond donors (Lipinski definition) is 0. The predicted molar refractivity (Wildman–Crippen MR) is 79.5 cm³/mol. The van der Waals surface area contributed by atoms with Crippen molar-refractivity contribution in [2.75, 3.05) is 0 Å². The quantitative estimate of drug-likeness (QED) is 0.626. The molecule has 2 rings (SSSR count). The number of aryl methyl sites for hydroxylation is 2. The zero-order chi connectivity index (χ0) is 15.2. The van der Waals surface area contributed by atoms with Gasteiger partial charge in [-0.2, -0.15) is 5.10 Å². The molecule has 1 aromatic heterocycles. The van der Waals surface area contributed by atoms with Crippen molar-refractivity contribution >= 4 is 5.97 Å². The minimum atomic E-state index is -0.564. The minimum absolute atomic E-state index is 0.132. The Balaban J connectivity index is 2.17. The van der Waals surface area contributed by atoms with Crippen LogP contribution >= 0.6 is 0 Å². The van der Waals surface area contributed by atoms with Crippen LogP contribution in [0.3, 0.4) is 0 Å². The standard InChI is InChI=1S/C16H18N2O3/c1-3-4-10-18-15(19)9-8-14(17-18)16(20)21-13-7-5-6-12(2)11-13/h5-9,11H,3-4,10H2,1-2H3. The molecular formula is C16H18N2O3. The number of hydrogen-bond acceptors (Lipinski definition) is 4. The van der Waals surface area contributed by atoms with Crippen molar-refractivity contribution in [3.05, 3.63) is 58.0 Å². The summed E-state index contributed by atoms with van der Waals surface area (Å²) in [6.45, 7) is 4.45. The van der Waals surface area contributed by atoms with Crippen LogP contribution in [0.15, 0.2) is 41.2 Å². The lowest BCUT2D eigenvalue weighted by atomic mass is 10.2. The topological polar surface area (TPSA) is 61.2 Å². The van der Waals surface area contributed by atoms with Crippen molar-refractivity contribution in [3.63, 3.8) is 0 Å². The number of benzene rings is 1. The van der Waals surface area contributed by atoms with Crippen molar-refractivity contribution in [1.29, 1.82) is 0 Å². The van der Waals surface area contributed by atoms with Gasteiger partial charge in [0.25, 0.3) is 5.56 Å². The maximum absolute atomic E-state index is 12.1. The Morgan fingerprint density at radius 2 is 2.10 bits per heavy atom. The van der Waals surface area contributed by atoms with Crippen molar-refractivity contribution in [1.82, 2.24) is 9.78 Å². The molecular weight excluding hydrogens is 268 g/mol. The highest BCUT2D eigenvalue weighted by Gasteiger charge is 2.12. The van der Waals surface area contributed by atoms with Gasteiger partial charge in [-0.25, -0.2) is 9.48 Å². The fourth-order valence-electron chi connectivity index (χ4n) is 1.86. The number of carbonyl (C=O) groups excluding carboxylic acids is 1. The van der Waals surface area contributed by atoms with Gasteiger partial charge in [0.15, 0.2) is 5.69 Å². The van der Waals surface area contributed by atoms with Crippen molar-refractivity contribution < 1.29 is 9.53 Å². The summed E-state index contributed by atoms with van der Waals surface area (Å²) in [7, 11) is 0. The molecule has 0 spiro atoms. The highest BCUT2D eigenvalue weighted by Crippen LogP contribution is 2.13. The van der Waals surface area contributed by atoms with Gasteiger partial charge in [-0.15, -0.1) is 0 Å². The van der Waals surface area contributed by atoms with Crippen LogP contribution in [0.25, 0.3) is 0 Å². The van der Waals surface area contributed by atoms with Gasteiger partial charge < -0.3 is 4.74 Å². The fourth-order valence-corrected chi connectivity index (χ4v) is 1.86. The molecule has 0 radical (unpaired) electrons. The Labute approximate surface area is 123 Å². The van der Waals surface area contributed by atoms with E-state index in [0.29, 0.717) is 12.3 Å². The van der Waals surface area contributed by atoms with Gasteiger partial charge in [0.2, 0.25) is 0 Å². The second-order valence-corrected chi connectivity index (χ2v) is 4.84. The number of nitrogens with zero attached hydrogens (tertiary/aromatic N) is 2. The number of esters is 1. The summed E-state index contributed by atoms with van der Waals surface area (Å²) in [4.78, 5) is 23.7. The van der Waals surface area contributed by atoms with E-state index in [-0.39, 0.29) is 11.3 Å². The maximum Gasteiger partial charge on any atom is 0.364 e. The predicted octanol–water partition coefficient (Wildman–Crippen LogP) is 2.57. The summed E-state index contributed by atoms with van der Waals surface area (Å²) in [5, 5.41) is 4.06. The van der Waals surface area contributed by atoms with Crippen LogP contribution in [0.4, 0.5) is 0 Å². The average molecular weight is 286 g/mol. The van der Waals surface area contributed by atoms with E-state index in [1.807, 2.05) is 26.0 Å². The number of ether oxygens (including phenoxy) is 1. The lowest BCUT2D eigenvalue weighted by molar-refractivity contribution is 0.0725. The van der Waals surface area contributed by atoms with Gasteiger partial charge in [-0.1, -0.05) is 25.5 Å². The summed E-state index contributed by atoms with van der Waals surface area (Å²) in [5.74, 6) is -0.0982. The van der Waals surface area contributed by atoms with Crippen molar-refractivity contribution in [3.8, 4) is 5.75 Å². The summed E-state index contributed by atoms with van der Waals surface area (Å²) in [6, 6.07) is 9.94. The summed E-state index contributed by atoms with van der Waals surface area (Å²) < 4.78 is 6.57. The molecule has 1 heterocycles. The Morgan fingerprint density at radius 3 is 2.81 bits per heavy atom. The van der Waals surface area contributed by atoms with Gasteiger partial charge in [0, 0.05) is 12.6 Å². The highest BCUT2D eigenvalue weighted by atomic mass is 16.5. The summed E-state index contributed by atoms with van der Waals surface area (Å²) in [5.41, 5.74) is 0.920. The first kappa shape index (κ1) is 15.0. The molecule has 5 nitrogen and oxygen atoms in total. The third-order valence-corrected chi connectivity index (χ3v) is 3.00. The Morgan fingerprint density at radius 1 is 1.29 bits per heavy atom. The molecule has 5 heteroatoms. The van der Waals surface area contributed by atoms with E-state index >= 15 is 0 Å². The van der Waals surface area contributed by atoms with E-state index in [9.17, 15) is 9.59 Å². The maximum atomic E-state index is 12.1. The van der Waals surface area contributed by atoms with Gasteiger partial charge in [-0.05, 0) is 37.1 Å². The van der Waals surface area contributed by atoms with Gasteiger partial charge in [0.1, 0.15) is 5.75 Å². The van der Waals surface area contributed by atoms with Gasteiger partial charge in [0.05, 0.1) is 0 Å². The van der Waals surface area contributed by atoms with Crippen LogP contribution in [-0.2, 0) is 6.54 Å². The second-order valence-electron chi connectivity index (χ2n) is 4.84. The van der Waals surface area contributed by atoms with Crippen LogP contribution in [0.2, 0.25) is 0 Å². The molecule has 0 aliphatic heterocycles. The second kappa shape index (κ2) is 6.83. The van der Waals surface area contributed by atoms with Crippen LogP contribution in [-0.4, -0.2) is 15.7 Å². The largest absolute Gasteiger partial charge is 0.422 e. The Hall–Kier alpha value is -2.43. The van der Waals surface area contributed by atoms with Crippen LogP contribution in [0.5, 0.6) is 5.75 Å². The molecule has 2 aromatic rings. The molecule has 0 saturated carbocycles. The minimum Gasteiger partial charge on any atom is -0.422 e. The summed E-state index contributed by atoms with van der Waals surface area (Å²) in [6.07, 6.45) is 1.79. The molecule has 0 aliphatic carbocycles. The van der Waals surface area contributed by atoms with Crippen molar-refractivity contribution in [2.45, 2.75) is 33.2 Å². The molecule has 21 heavy (non-hydrogen) atoms. The molecule has 0 amide bonds. The Bertz CT molecular complexity index is 692. The third kappa shape index (κ3) is 4.02. The first-order valence-electron chi connectivity index (χ1n) is 6.97. The molecule has 0 fully saturated rings. The highest BCUT2D eigenvalue weighted by molar-refractivity contribution is 5.88. The molecule has 0 bridgehead atoms. The lowest BCUT2D eigenvalue weighted by Gasteiger charge is -2.07. The summed E-state index contributed by atoms with van der Waals surface area (Å²) >= 11 is 0. The van der Waals surface area contributed by atoms with Gasteiger partial charge >= 0.3 is 5.97 Å². The zero-order valence-corrected chi connectivity index (χ0v) is 12.2. The van der Waals surface area contributed by atoms with E-state index in [4.69, 9.17) is 4.74 Å². The lowest BCUT2D eigenvalue weighted by Crippen LogP contribution is -2.25. The molecule has 0 N–H and O–H groups in total. The fraction of sp³-hybridized carbons (Fsp3) is 0.312. The van der Waals surface area contributed by atoms with E-state index in [1.54, 1.807) is 12.1 Å². The van der Waals surface area contributed by atoms with Crippen molar-refractivity contribution in [2.24, 2.45) is 0 Å². The normalized spacial score (nSPS) is 10.4. The number of unbranched alkanes of at least 4 members (excludes halogenated alkanes) is 1. The van der Waals surface area contributed by atoms with Crippen LogP contribution < -0.4 is 10.3 Å². The SMILES string of the molecule is CCCCn1nc(C(=O)Oc2cccc(C)c2)ccc1=O. The number of rotatable bonds is 5. The first-order valence-corrected chi connectivity index (χ1v) is 6.97. The zero-order valence-electron chi connectivity index (χ0n) is 12.2. The molecule has 0 saturated heterocycles. The van der Waals surface area contributed by atoms with E-state index in [1.165, 1.54) is 16.8 Å². The van der Waals surface area contributed by atoms with E-state index in [0.717, 1.165) is 18.4 Å². The number of aromatic nitrogens is 2. The molecule has 0 atom stereocenters. The van der Waals surface area contributed by atoms with E-state index in [2.05, 4.69) is 5.10 Å². The van der Waals surface area contributed by atoms with Crippen LogP contribution in [0, 0.1) is 6.92 Å². The van der Waals surface area contributed by atoms with Gasteiger partial charge in [-0.3, -0.25) is 4.79 Å². The Kier molecular flexibility index (Phi) is 4.87. The number of carbonyl (C=O) groups is 1. The third-order valence-electron chi connectivity index (χ3n) is 3.00. The molecule has 1 aromatic carbocycles. The molecule has 0 unspecified atom stereocenters. The monoisotopic (exact) mass is 286 g/mol. The average Bonchev–Trinajstić information content (AvgIpc) is 2.46. The van der Waals surface area contributed by atoms with Crippen LogP contribution in [0.1, 0.15) is 35.8 Å². The smallest absolute Gasteiger partial charge is 0.364 e. The van der Waals surface area contributed by atoms with E-state index < -0.39 is 5.97 Å². The molecule has 0 aliphatic rings.